The Balaban J connectivity index is 2.10. The largest absolute Gasteiger partial charge is 0.503 e. The summed E-state index contributed by atoms with van der Waals surface area (Å²) in [5.41, 5.74) is 2.51. The summed E-state index contributed by atoms with van der Waals surface area (Å²) in [6.45, 7) is 10.5. The fraction of sp³-hybridized carbons (Fsp3) is 0.385. The predicted octanol–water partition coefficient (Wildman–Crippen LogP) is 5.55. The first-order valence-corrected chi connectivity index (χ1v) is 10.8. The van der Waals surface area contributed by atoms with E-state index in [1.165, 1.54) is 4.90 Å². The zero-order chi connectivity index (χ0) is 22.7. The number of Topliss-reactive ketones (excluding diaryl/α,β-unsaturated/α-hetero) is 1. The van der Waals surface area contributed by atoms with Crippen molar-refractivity contribution in [2.45, 2.75) is 47.1 Å². The number of aliphatic hydroxyl groups excluding tert-OH is 1. The molecule has 0 saturated carbocycles. The fourth-order valence-corrected chi connectivity index (χ4v) is 3.77. The maximum absolute atomic E-state index is 13.1. The molecule has 0 fully saturated rings. The van der Waals surface area contributed by atoms with E-state index in [-0.39, 0.29) is 23.7 Å². The number of aryl methyl sites for hydroxylation is 1. The van der Waals surface area contributed by atoms with Crippen LogP contribution in [0, 0.1) is 18.8 Å². The number of benzene rings is 2. The van der Waals surface area contributed by atoms with Crippen molar-refractivity contribution in [3.05, 3.63) is 71.0 Å². The van der Waals surface area contributed by atoms with Crippen LogP contribution in [0.2, 0.25) is 0 Å². The van der Waals surface area contributed by atoms with Crippen LogP contribution in [-0.4, -0.2) is 23.4 Å². The van der Waals surface area contributed by atoms with Crippen LogP contribution in [0.3, 0.4) is 0 Å². The molecule has 1 atom stereocenters. The highest BCUT2D eigenvalue weighted by Crippen LogP contribution is 2.42. The van der Waals surface area contributed by atoms with E-state index >= 15 is 0 Å². The molecule has 1 N–H and O–H groups in total. The van der Waals surface area contributed by atoms with Crippen LogP contribution in [0.5, 0.6) is 5.75 Å². The number of anilines is 1. The van der Waals surface area contributed by atoms with E-state index in [1.54, 1.807) is 0 Å². The minimum atomic E-state index is -0.705. The van der Waals surface area contributed by atoms with Crippen LogP contribution < -0.4 is 9.64 Å². The molecule has 3 rings (SSSR count). The minimum Gasteiger partial charge on any atom is -0.503 e. The van der Waals surface area contributed by atoms with Crippen LogP contribution in [0.15, 0.2) is 59.9 Å². The van der Waals surface area contributed by atoms with Crippen LogP contribution in [0.4, 0.5) is 5.69 Å². The molecule has 1 amide bonds. The molecule has 0 spiro atoms. The molecule has 0 saturated heterocycles. The van der Waals surface area contributed by atoms with E-state index in [1.807, 2.05) is 69.3 Å². The quantitative estimate of drug-likeness (QED) is 0.607. The van der Waals surface area contributed by atoms with Gasteiger partial charge in [-0.1, -0.05) is 52.0 Å². The molecule has 0 aromatic heterocycles. The summed E-state index contributed by atoms with van der Waals surface area (Å²) in [6.07, 6.45) is 0.258. The second kappa shape index (κ2) is 9.38. The molecule has 1 unspecified atom stereocenters. The van der Waals surface area contributed by atoms with E-state index in [0.717, 1.165) is 11.1 Å². The second-order valence-electron chi connectivity index (χ2n) is 8.98. The SMILES string of the molecule is Cc1cccc(N2C(=O)C(O)=C(C(=O)CC(C)C)C2c2cccc(OCC(C)C)c2)c1. The Morgan fingerprint density at radius 1 is 1.06 bits per heavy atom. The van der Waals surface area contributed by atoms with Crippen molar-refractivity contribution in [1.82, 2.24) is 0 Å². The molecule has 1 aliphatic rings. The number of aliphatic hydroxyl groups is 1. The standard InChI is InChI=1S/C26H31NO4/c1-16(2)12-22(28)23-24(19-9-7-11-21(14-19)31-15-17(3)4)27(26(30)25(23)29)20-10-6-8-18(5)13-20/h6-11,13-14,16-17,24,29H,12,15H2,1-5H3. The smallest absolute Gasteiger partial charge is 0.294 e. The number of ketones is 1. The number of nitrogens with zero attached hydrogens (tertiary/aromatic N) is 1. The van der Waals surface area contributed by atoms with E-state index in [0.29, 0.717) is 24.0 Å². The number of amides is 1. The molecule has 0 radical (unpaired) electrons. The van der Waals surface area contributed by atoms with Gasteiger partial charge in [0.15, 0.2) is 11.5 Å². The van der Waals surface area contributed by atoms with E-state index < -0.39 is 17.7 Å². The summed E-state index contributed by atoms with van der Waals surface area (Å²) in [4.78, 5) is 27.8. The van der Waals surface area contributed by atoms with Crippen molar-refractivity contribution in [1.29, 1.82) is 0 Å². The lowest BCUT2D eigenvalue weighted by Gasteiger charge is -2.27. The van der Waals surface area contributed by atoms with Crippen LogP contribution in [0.25, 0.3) is 0 Å². The molecule has 0 aliphatic carbocycles. The maximum Gasteiger partial charge on any atom is 0.294 e. The van der Waals surface area contributed by atoms with Crippen LogP contribution >= 0.6 is 0 Å². The number of hydrogen-bond acceptors (Lipinski definition) is 4. The second-order valence-corrected chi connectivity index (χ2v) is 8.98. The Labute approximate surface area is 184 Å². The molecular formula is C26H31NO4. The van der Waals surface area contributed by atoms with Gasteiger partial charge in [-0.05, 0) is 54.2 Å². The predicted molar refractivity (Wildman–Crippen MR) is 122 cm³/mol. The third-order valence-corrected chi connectivity index (χ3v) is 5.14. The summed E-state index contributed by atoms with van der Waals surface area (Å²) >= 11 is 0. The zero-order valence-electron chi connectivity index (χ0n) is 18.9. The zero-order valence-corrected chi connectivity index (χ0v) is 18.9. The summed E-state index contributed by atoms with van der Waals surface area (Å²) < 4.78 is 5.87. The number of carbonyl (C=O) groups excluding carboxylic acids is 2. The third kappa shape index (κ3) is 4.98. The summed E-state index contributed by atoms with van der Waals surface area (Å²) in [5, 5.41) is 10.8. The molecule has 2 aromatic carbocycles. The van der Waals surface area contributed by atoms with Gasteiger partial charge in [-0.25, -0.2) is 0 Å². The van der Waals surface area contributed by atoms with Gasteiger partial charge < -0.3 is 9.84 Å². The Morgan fingerprint density at radius 3 is 2.42 bits per heavy atom. The van der Waals surface area contributed by atoms with E-state index in [9.17, 15) is 14.7 Å². The number of carbonyl (C=O) groups is 2. The third-order valence-electron chi connectivity index (χ3n) is 5.14. The number of rotatable bonds is 8. The van der Waals surface area contributed by atoms with E-state index in [4.69, 9.17) is 4.74 Å². The lowest BCUT2D eigenvalue weighted by Crippen LogP contribution is -2.31. The van der Waals surface area contributed by atoms with Crippen molar-refractivity contribution in [2.24, 2.45) is 11.8 Å². The van der Waals surface area contributed by atoms with Gasteiger partial charge in [0, 0.05) is 12.1 Å². The molecule has 1 heterocycles. The van der Waals surface area contributed by atoms with Crippen molar-refractivity contribution < 1.29 is 19.4 Å². The highest BCUT2D eigenvalue weighted by molar-refractivity contribution is 6.16. The average molecular weight is 422 g/mol. The number of hydrogen-bond donors (Lipinski definition) is 1. The fourth-order valence-electron chi connectivity index (χ4n) is 3.77. The molecule has 5 nitrogen and oxygen atoms in total. The Kier molecular flexibility index (Phi) is 6.84. The Hall–Kier alpha value is -3.08. The summed E-state index contributed by atoms with van der Waals surface area (Å²) in [7, 11) is 0. The van der Waals surface area contributed by atoms with Gasteiger partial charge in [0.25, 0.3) is 5.91 Å². The minimum absolute atomic E-state index is 0.109. The molecule has 164 valence electrons. The van der Waals surface area contributed by atoms with Crippen molar-refractivity contribution in [2.75, 3.05) is 11.5 Å². The van der Waals surface area contributed by atoms with Gasteiger partial charge in [0.05, 0.1) is 18.2 Å². The monoisotopic (exact) mass is 421 g/mol. The highest BCUT2D eigenvalue weighted by Gasteiger charge is 2.44. The van der Waals surface area contributed by atoms with Gasteiger partial charge in [-0.2, -0.15) is 0 Å². The first kappa shape index (κ1) is 22.6. The van der Waals surface area contributed by atoms with Gasteiger partial charge in [0.1, 0.15) is 5.75 Å². The molecule has 5 heteroatoms. The van der Waals surface area contributed by atoms with Gasteiger partial charge in [-0.3, -0.25) is 14.5 Å². The molecular weight excluding hydrogens is 390 g/mol. The molecule has 0 bridgehead atoms. The Morgan fingerprint density at radius 2 is 1.77 bits per heavy atom. The highest BCUT2D eigenvalue weighted by atomic mass is 16.5. The van der Waals surface area contributed by atoms with Gasteiger partial charge in [0.2, 0.25) is 0 Å². The lowest BCUT2D eigenvalue weighted by molar-refractivity contribution is -0.118. The Bertz CT molecular complexity index is 1010. The molecule has 1 aliphatic heterocycles. The number of ether oxygens (including phenoxy) is 1. The van der Waals surface area contributed by atoms with Crippen molar-refractivity contribution >= 4 is 17.4 Å². The maximum atomic E-state index is 13.1. The summed E-state index contributed by atoms with van der Waals surface area (Å²) in [5.74, 6) is -0.0915. The average Bonchev–Trinajstić information content (AvgIpc) is 2.97. The molecule has 31 heavy (non-hydrogen) atoms. The first-order chi connectivity index (χ1) is 14.7. The molecule has 2 aromatic rings. The summed E-state index contributed by atoms with van der Waals surface area (Å²) in [6, 6.07) is 14.2. The van der Waals surface area contributed by atoms with E-state index in [2.05, 4.69) is 13.8 Å². The topological polar surface area (TPSA) is 66.8 Å². The first-order valence-electron chi connectivity index (χ1n) is 10.8. The van der Waals surface area contributed by atoms with Gasteiger partial charge >= 0.3 is 0 Å². The van der Waals surface area contributed by atoms with Crippen molar-refractivity contribution in [3.8, 4) is 5.75 Å². The normalized spacial score (nSPS) is 16.5. The van der Waals surface area contributed by atoms with Crippen molar-refractivity contribution in [3.63, 3.8) is 0 Å². The van der Waals surface area contributed by atoms with Gasteiger partial charge in [-0.15, -0.1) is 0 Å². The lowest BCUT2D eigenvalue weighted by atomic mass is 9.92. The van der Waals surface area contributed by atoms with Crippen LogP contribution in [-0.2, 0) is 9.59 Å². The van der Waals surface area contributed by atoms with Crippen LogP contribution in [0.1, 0.15) is 51.3 Å².